The van der Waals surface area contributed by atoms with Crippen molar-refractivity contribution in [1.29, 1.82) is 0 Å². The molecule has 0 atom stereocenters. The van der Waals surface area contributed by atoms with Crippen molar-refractivity contribution < 1.29 is 13.7 Å². The molecule has 1 aromatic heterocycles. The maximum absolute atomic E-state index is 13.4. The van der Waals surface area contributed by atoms with Crippen molar-refractivity contribution in [3.05, 3.63) is 46.3 Å². The van der Waals surface area contributed by atoms with E-state index in [1.165, 1.54) is 6.07 Å². The van der Waals surface area contributed by atoms with E-state index in [1.54, 1.807) is 0 Å². The standard InChI is InChI=1S/C15H17F2N7O2/c1-22-4-6-23(7-5-22)21-15-13(24(25)26)14(18-9-19-15)20-10-2-3-11(16)12(17)8-10/h2-3,8-9H,4-7H2,1H3,(H2,18,19,20,21). The number of nitro groups is 1. The molecule has 11 heteroatoms. The maximum Gasteiger partial charge on any atom is 0.354 e. The van der Waals surface area contributed by atoms with Gasteiger partial charge in [0.05, 0.1) is 4.92 Å². The fourth-order valence-corrected chi connectivity index (χ4v) is 2.50. The van der Waals surface area contributed by atoms with E-state index in [1.807, 2.05) is 12.1 Å². The lowest BCUT2D eigenvalue weighted by Gasteiger charge is -2.32. The molecule has 0 saturated carbocycles. The first-order chi connectivity index (χ1) is 12.4. The number of hydrazine groups is 1. The largest absolute Gasteiger partial charge is 0.354 e. The number of benzene rings is 1. The second kappa shape index (κ2) is 7.54. The smallest absolute Gasteiger partial charge is 0.334 e. The highest BCUT2D eigenvalue weighted by Gasteiger charge is 2.25. The van der Waals surface area contributed by atoms with Crippen LogP contribution in [0.1, 0.15) is 0 Å². The second-order valence-corrected chi connectivity index (χ2v) is 5.83. The quantitative estimate of drug-likeness (QED) is 0.613. The number of halogens is 2. The van der Waals surface area contributed by atoms with Gasteiger partial charge in [0.2, 0.25) is 11.6 Å². The van der Waals surface area contributed by atoms with Crippen LogP contribution in [0.4, 0.5) is 31.8 Å². The molecule has 1 aliphatic heterocycles. The van der Waals surface area contributed by atoms with E-state index in [0.717, 1.165) is 31.5 Å². The minimum absolute atomic E-state index is 0.0274. The van der Waals surface area contributed by atoms with E-state index >= 15 is 0 Å². The van der Waals surface area contributed by atoms with Crippen molar-refractivity contribution in [3.63, 3.8) is 0 Å². The summed E-state index contributed by atoms with van der Waals surface area (Å²) in [7, 11) is 1.99. The van der Waals surface area contributed by atoms with Gasteiger partial charge in [-0.15, -0.1) is 0 Å². The van der Waals surface area contributed by atoms with Crippen LogP contribution < -0.4 is 10.7 Å². The first kappa shape index (κ1) is 17.9. The van der Waals surface area contributed by atoms with E-state index in [0.29, 0.717) is 13.1 Å². The van der Waals surface area contributed by atoms with Crippen LogP contribution in [0.15, 0.2) is 24.5 Å². The lowest BCUT2D eigenvalue weighted by molar-refractivity contribution is -0.383. The topological polar surface area (TPSA) is 99.5 Å². The molecule has 0 radical (unpaired) electrons. The van der Waals surface area contributed by atoms with E-state index in [9.17, 15) is 18.9 Å². The number of nitrogens with one attached hydrogen (secondary N) is 2. The number of anilines is 3. The van der Waals surface area contributed by atoms with Crippen LogP contribution >= 0.6 is 0 Å². The van der Waals surface area contributed by atoms with Gasteiger partial charge in [-0.2, -0.15) is 0 Å². The summed E-state index contributed by atoms with van der Waals surface area (Å²) in [6, 6.07) is 3.08. The number of aromatic nitrogens is 2. The summed E-state index contributed by atoms with van der Waals surface area (Å²) in [6.07, 6.45) is 1.16. The SMILES string of the molecule is CN1CCN(Nc2ncnc(Nc3ccc(F)c(F)c3)c2[N+](=O)[O-])CC1. The number of nitrogens with zero attached hydrogens (tertiary/aromatic N) is 5. The van der Waals surface area contributed by atoms with Crippen LogP contribution in [0.25, 0.3) is 0 Å². The number of rotatable bonds is 5. The van der Waals surface area contributed by atoms with Gasteiger partial charge in [-0.25, -0.2) is 23.8 Å². The van der Waals surface area contributed by atoms with Crippen LogP contribution in [0, 0.1) is 21.7 Å². The molecule has 138 valence electrons. The molecule has 9 nitrogen and oxygen atoms in total. The van der Waals surface area contributed by atoms with Gasteiger partial charge >= 0.3 is 5.69 Å². The van der Waals surface area contributed by atoms with Gasteiger partial charge in [-0.1, -0.05) is 0 Å². The molecular weight excluding hydrogens is 348 g/mol. The fourth-order valence-electron chi connectivity index (χ4n) is 2.50. The van der Waals surface area contributed by atoms with Crippen molar-refractivity contribution in [2.45, 2.75) is 0 Å². The second-order valence-electron chi connectivity index (χ2n) is 5.83. The summed E-state index contributed by atoms with van der Waals surface area (Å²) in [4.78, 5) is 20.9. The Kier molecular flexibility index (Phi) is 5.19. The van der Waals surface area contributed by atoms with Crippen LogP contribution in [-0.2, 0) is 0 Å². The Morgan fingerprint density at radius 1 is 1.12 bits per heavy atom. The van der Waals surface area contributed by atoms with E-state index < -0.39 is 16.6 Å². The Balaban J connectivity index is 1.86. The predicted octanol–water partition coefficient (Wildman–Crippen LogP) is 1.98. The van der Waals surface area contributed by atoms with Crippen LogP contribution in [0.2, 0.25) is 0 Å². The van der Waals surface area contributed by atoms with E-state index in [2.05, 4.69) is 25.6 Å². The van der Waals surface area contributed by atoms with Gasteiger partial charge in [-0.05, 0) is 19.2 Å². The van der Waals surface area contributed by atoms with Gasteiger partial charge in [0.25, 0.3) is 0 Å². The molecule has 1 aromatic carbocycles. The normalized spacial score (nSPS) is 15.7. The van der Waals surface area contributed by atoms with Gasteiger partial charge < -0.3 is 10.2 Å². The zero-order valence-electron chi connectivity index (χ0n) is 13.9. The third-order valence-corrected chi connectivity index (χ3v) is 3.95. The first-order valence-corrected chi connectivity index (χ1v) is 7.85. The third kappa shape index (κ3) is 4.00. The van der Waals surface area contributed by atoms with Crippen molar-refractivity contribution in [3.8, 4) is 0 Å². The van der Waals surface area contributed by atoms with Crippen LogP contribution in [0.3, 0.4) is 0 Å². The van der Waals surface area contributed by atoms with E-state index in [-0.39, 0.29) is 23.0 Å². The van der Waals surface area contributed by atoms with Crippen molar-refractivity contribution in [2.24, 2.45) is 0 Å². The van der Waals surface area contributed by atoms with Gasteiger partial charge in [0.15, 0.2) is 11.6 Å². The van der Waals surface area contributed by atoms with Crippen LogP contribution in [-0.4, -0.2) is 58.0 Å². The molecule has 0 aliphatic carbocycles. The Hall–Kier alpha value is -2.92. The highest BCUT2D eigenvalue weighted by atomic mass is 19.2. The zero-order valence-corrected chi connectivity index (χ0v) is 13.9. The molecule has 1 fully saturated rings. The lowest BCUT2D eigenvalue weighted by atomic mass is 10.3. The van der Waals surface area contributed by atoms with Gasteiger partial charge in [0.1, 0.15) is 6.33 Å². The fraction of sp³-hybridized carbons (Fsp3) is 0.333. The molecular formula is C15H17F2N7O2. The molecule has 2 N–H and O–H groups in total. The van der Waals surface area contributed by atoms with E-state index in [4.69, 9.17) is 0 Å². The van der Waals surface area contributed by atoms with Crippen molar-refractivity contribution in [1.82, 2.24) is 19.9 Å². The summed E-state index contributed by atoms with van der Waals surface area (Å²) >= 11 is 0. The molecule has 2 aromatic rings. The summed E-state index contributed by atoms with van der Waals surface area (Å²) in [5, 5.41) is 16.0. The highest BCUT2D eigenvalue weighted by Crippen LogP contribution is 2.31. The maximum atomic E-state index is 13.4. The van der Waals surface area contributed by atoms with Crippen molar-refractivity contribution >= 4 is 23.0 Å². The molecule has 3 rings (SSSR count). The average molecular weight is 365 g/mol. The Labute approximate surface area is 147 Å². The summed E-state index contributed by atoms with van der Waals surface area (Å²) in [5.41, 5.74) is 2.69. The zero-order chi connectivity index (χ0) is 18.7. The summed E-state index contributed by atoms with van der Waals surface area (Å²) in [6.45, 7) is 2.96. The molecule has 26 heavy (non-hydrogen) atoms. The van der Waals surface area contributed by atoms with Gasteiger partial charge in [-0.3, -0.25) is 15.5 Å². The summed E-state index contributed by atoms with van der Waals surface area (Å²) in [5.74, 6) is -2.17. The molecule has 1 saturated heterocycles. The number of hydrogen-bond donors (Lipinski definition) is 2. The average Bonchev–Trinajstić information content (AvgIpc) is 2.60. The predicted molar refractivity (Wildman–Crippen MR) is 91.0 cm³/mol. The third-order valence-electron chi connectivity index (χ3n) is 3.95. The monoisotopic (exact) mass is 365 g/mol. The Morgan fingerprint density at radius 2 is 1.81 bits per heavy atom. The minimum atomic E-state index is -1.07. The number of piperazine rings is 1. The Bertz CT molecular complexity index is 813. The molecule has 0 amide bonds. The lowest BCUT2D eigenvalue weighted by Crippen LogP contribution is -2.47. The molecule has 0 spiro atoms. The first-order valence-electron chi connectivity index (χ1n) is 7.85. The number of hydrogen-bond acceptors (Lipinski definition) is 8. The number of likely N-dealkylation sites (N-methyl/N-ethyl adjacent to an activating group) is 1. The minimum Gasteiger partial charge on any atom is -0.334 e. The van der Waals surface area contributed by atoms with Crippen molar-refractivity contribution in [2.75, 3.05) is 44.0 Å². The highest BCUT2D eigenvalue weighted by molar-refractivity contribution is 5.73. The molecule has 0 bridgehead atoms. The molecule has 0 unspecified atom stereocenters. The van der Waals surface area contributed by atoms with Crippen LogP contribution in [0.5, 0.6) is 0 Å². The Morgan fingerprint density at radius 3 is 2.46 bits per heavy atom. The molecule has 1 aliphatic rings. The summed E-state index contributed by atoms with van der Waals surface area (Å²) < 4.78 is 26.4. The molecule has 2 heterocycles. The van der Waals surface area contributed by atoms with Gasteiger partial charge in [0, 0.05) is 37.9 Å².